The van der Waals surface area contributed by atoms with Crippen LogP contribution < -0.4 is 9.47 Å². The highest BCUT2D eigenvalue weighted by atomic mass is 79.9. The number of hydrogen-bond donors (Lipinski definition) is 0. The van der Waals surface area contributed by atoms with Gasteiger partial charge in [-0.1, -0.05) is 34.1 Å². The molecule has 5 heteroatoms. The van der Waals surface area contributed by atoms with Crippen LogP contribution in [0.15, 0.2) is 45.3 Å². The van der Waals surface area contributed by atoms with Crippen LogP contribution in [0.3, 0.4) is 0 Å². The summed E-state index contributed by atoms with van der Waals surface area (Å²) in [7, 11) is 3.26. The average molecular weight is 435 g/mol. The molecule has 0 heterocycles. The third-order valence-electron chi connectivity index (χ3n) is 3.18. The van der Waals surface area contributed by atoms with Crippen molar-refractivity contribution in [3.8, 4) is 11.5 Å². The standard InChI is InChI=1S/C16H15Br2ClO2/c1-20-14-8-7-12(16(21-2)15(14)18)13(19)9-10-3-5-11(17)6-4-10/h3-8,13H,9H2,1-2H3. The fraction of sp³-hybridized carbons (Fsp3) is 0.250. The van der Waals surface area contributed by atoms with Crippen LogP contribution in [0.2, 0.25) is 0 Å². The molecule has 2 nitrogen and oxygen atoms in total. The van der Waals surface area contributed by atoms with Crippen molar-refractivity contribution in [2.24, 2.45) is 0 Å². The molecule has 1 unspecified atom stereocenters. The highest BCUT2D eigenvalue weighted by Crippen LogP contribution is 2.42. The summed E-state index contributed by atoms with van der Waals surface area (Å²) in [6.45, 7) is 0. The molecule has 0 spiro atoms. The Morgan fingerprint density at radius 1 is 1.00 bits per heavy atom. The zero-order valence-corrected chi connectivity index (χ0v) is 15.6. The first-order valence-electron chi connectivity index (χ1n) is 6.35. The molecule has 0 saturated carbocycles. The summed E-state index contributed by atoms with van der Waals surface area (Å²) in [5, 5.41) is -0.177. The maximum Gasteiger partial charge on any atom is 0.141 e. The Balaban J connectivity index is 2.28. The SMILES string of the molecule is COc1ccc(C(Cl)Cc2ccc(Br)cc2)c(OC)c1Br. The van der Waals surface area contributed by atoms with Gasteiger partial charge in [-0.05, 0) is 46.1 Å². The van der Waals surface area contributed by atoms with E-state index in [4.69, 9.17) is 21.1 Å². The average Bonchev–Trinajstić information content (AvgIpc) is 2.49. The van der Waals surface area contributed by atoms with Gasteiger partial charge in [-0.2, -0.15) is 0 Å². The number of ether oxygens (including phenoxy) is 2. The monoisotopic (exact) mass is 432 g/mol. The molecule has 2 rings (SSSR count). The quantitative estimate of drug-likeness (QED) is 0.558. The Labute approximate surface area is 146 Å². The lowest BCUT2D eigenvalue weighted by molar-refractivity contribution is 0.386. The molecule has 0 aliphatic heterocycles. The maximum absolute atomic E-state index is 6.58. The van der Waals surface area contributed by atoms with E-state index in [9.17, 15) is 0 Å². The van der Waals surface area contributed by atoms with Gasteiger partial charge in [0, 0.05) is 10.0 Å². The van der Waals surface area contributed by atoms with Crippen LogP contribution in [-0.4, -0.2) is 14.2 Å². The van der Waals surface area contributed by atoms with Gasteiger partial charge in [-0.25, -0.2) is 0 Å². The minimum absolute atomic E-state index is 0.177. The third-order valence-corrected chi connectivity index (χ3v) is 4.85. The van der Waals surface area contributed by atoms with Crippen LogP contribution in [0.25, 0.3) is 0 Å². The molecule has 2 aromatic rings. The fourth-order valence-electron chi connectivity index (χ4n) is 2.10. The molecule has 0 aromatic heterocycles. The third kappa shape index (κ3) is 3.93. The molecule has 1 atom stereocenters. The van der Waals surface area contributed by atoms with Gasteiger partial charge in [-0.3, -0.25) is 0 Å². The molecule has 0 N–H and O–H groups in total. The van der Waals surface area contributed by atoms with Crippen LogP contribution in [0, 0.1) is 0 Å². The molecule has 112 valence electrons. The first-order valence-corrected chi connectivity index (χ1v) is 8.38. The van der Waals surface area contributed by atoms with Crippen LogP contribution in [0.1, 0.15) is 16.5 Å². The van der Waals surface area contributed by atoms with Crippen molar-refractivity contribution in [3.63, 3.8) is 0 Å². The van der Waals surface area contributed by atoms with E-state index in [-0.39, 0.29) is 5.38 Å². The van der Waals surface area contributed by atoms with Gasteiger partial charge in [0.05, 0.1) is 19.6 Å². The fourth-order valence-corrected chi connectivity index (χ4v) is 3.40. The second-order valence-electron chi connectivity index (χ2n) is 4.50. The smallest absolute Gasteiger partial charge is 0.141 e. The number of hydrogen-bond acceptors (Lipinski definition) is 2. The first-order chi connectivity index (χ1) is 10.1. The zero-order chi connectivity index (χ0) is 15.4. The lowest BCUT2D eigenvalue weighted by atomic mass is 10.0. The van der Waals surface area contributed by atoms with Crippen molar-refractivity contribution in [3.05, 3.63) is 56.5 Å². The second kappa shape index (κ2) is 7.52. The van der Waals surface area contributed by atoms with E-state index in [1.165, 1.54) is 5.56 Å². The van der Waals surface area contributed by atoms with Crippen molar-refractivity contribution >= 4 is 43.5 Å². The van der Waals surface area contributed by atoms with E-state index in [0.717, 1.165) is 26.7 Å². The summed E-state index contributed by atoms with van der Waals surface area (Å²) < 4.78 is 12.6. The summed E-state index contributed by atoms with van der Waals surface area (Å²) in [5.41, 5.74) is 2.11. The molecule has 0 aliphatic rings. The van der Waals surface area contributed by atoms with Gasteiger partial charge in [0.2, 0.25) is 0 Å². The van der Waals surface area contributed by atoms with Crippen LogP contribution in [0.5, 0.6) is 11.5 Å². The predicted octanol–water partition coefficient (Wildman–Crippen LogP) is 5.75. The van der Waals surface area contributed by atoms with Gasteiger partial charge >= 0.3 is 0 Å². The summed E-state index contributed by atoms with van der Waals surface area (Å²) in [6.07, 6.45) is 0.726. The summed E-state index contributed by atoms with van der Waals surface area (Å²) in [4.78, 5) is 0. The maximum atomic E-state index is 6.58. The van der Waals surface area contributed by atoms with E-state index in [1.54, 1.807) is 14.2 Å². The molecule has 0 fully saturated rings. The first kappa shape index (κ1) is 16.7. The Bertz CT molecular complexity index is 614. The number of methoxy groups -OCH3 is 2. The highest BCUT2D eigenvalue weighted by molar-refractivity contribution is 9.11. The Hall–Kier alpha value is -0.710. The minimum Gasteiger partial charge on any atom is -0.495 e. The van der Waals surface area contributed by atoms with E-state index in [1.807, 2.05) is 24.3 Å². The molecule has 0 radical (unpaired) electrons. The van der Waals surface area contributed by atoms with Gasteiger partial charge in [0.1, 0.15) is 16.0 Å². The van der Waals surface area contributed by atoms with Gasteiger partial charge in [-0.15, -0.1) is 11.6 Å². The van der Waals surface area contributed by atoms with Crippen molar-refractivity contribution in [1.82, 2.24) is 0 Å². The number of benzene rings is 2. The Morgan fingerprint density at radius 2 is 1.67 bits per heavy atom. The molecular weight excluding hydrogens is 419 g/mol. The molecule has 21 heavy (non-hydrogen) atoms. The molecule has 0 bridgehead atoms. The van der Waals surface area contributed by atoms with Crippen molar-refractivity contribution in [2.45, 2.75) is 11.8 Å². The van der Waals surface area contributed by atoms with E-state index < -0.39 is 0 Å². The lowest BCUT2D eigenvalue weighted by Crippen LogP contribution is -2.01. The molecular formula is C16H15Br2ClO2. The van der Waals surface area contributed by atoms with Gasteiger partial charge in [0.15, 0.2) is 0 Å². The second-order valence-corrected chi connectivity index (χ2v) is 6.74. The van der Waals surface area contributed by atoms with E-state index in [2.05, 4.69) is 44.0 Å². The van der Waals surface area contributed by atoms with Gasteiger partial charge < -0.3 is 9.47 Å². The highest BCUT2D eigenvalue weighted by Gasteiger charge is 2.19. The zero-order valence-electron chi connectivity index (χ0n) is 11.7. The number of halogens is 3. The number of alkyl halides is 1. The van der Waals surface area contributed by atoms with E-state index in [0.29, 0.717) is 5.75 Å². The largest absolute Gasteiger partial charge is 0.495 e. The Morgan fingerprint density at radius 3 is 2.24 bits per heavy atom. The van der Waals surface area contributed by atoms with E-state index >= 15 is 0 Å². The molecule has 2 aromatic carbocycles. The number of rotatable bonds is 5. The van der Waals surface area contributed by atoms with Gasteiger partial charge in [0.25, 0.3) is 0 Å². The van der Waals surface area contributed by atoms with Crippen molar-refractivity contribution < 1.29 is 9.47 Å². The topological polar surface area (TPSA) is 18.5 Å². The van der Waals surface area contributed by atoms with Crippen LogP contribution in [-0.2, 0) is 6.42 Å². The van der Waals surface area contributed by atoms with Crippen LogP contribution in [0.4, 0.5) is 0 Å². The Kier molecular flexibility index (Phi) is 5.97. The summed E-state index contributed by atoms with van der Waals surface area (Å²) in [5.74, 6) is 1.44. The summed E-state index contributed by atoms with van der Waals surface area (Å²) in [6, 6.07) is 12.0. The van der Waals surface area contributed by atoms with Crippen LogP contribution >= 0.6 is 43.5 Å². The predicted molar refractivity (Wildman–Crippen MR) is 93.7 cm³/mol. The minimum atomic E-state index is -0.177. The lowest BCUT2D eigenvalue weighted by Gasteiger charge is -2.17. The normalized spacial score (nSPS) is 12.0. The molecule has 0 aliphatic carbocycles. The molecule has 0 saturated heterocycles. The van der Waals surface area contributed by atoms with Crippen molar-refractivity contribution in [1.29, 1.82) is 0 Å². The molecule has 0 amide bonds. The summed E-state index contributed by atoms with van der Waals surface area (Å²) >= 11 is 13.5. The van der Waals surface area contributed by atoms with Crippen molar-refractivity contribution in [2.75, 3.05) is 14.2 Å².